The monoisotopic (exact) mass is 498 g/mol. The van der Waals surface area contributed by atoms with Crippen LogP contribution in [0.4, 0.5) is 5.69 Å². The van der Waals surface area contributed by atoms with Crippen LogP contribution in [0.3, 0.4) is 0 Å². The molecular weight excluding hydrogens is 483 g/mol. The Morgan fingerprint density at radius 3 is 2.44 bits per heavy atom. The predicted molar refractivity (Wildman–Crippen MR) is 112 cm³/mol. The van der Waals surface area contributed by atoms with Crippen LogP contribution in [-0.2, 0) is 4.79 Å². The second-order valence-corrected chi connectivity index (χ2v) is 6.81. The molecule has 0 unspecified atom stereocenters. The molecule has 1 N–H and O–H groups in total. The Hall–Kier alpha value is -2.44. The summed E-state index contributed by atoms with van der Waals surface area (Å²) in [7, 11) is 4.54. The van der Waals surface area contributed by atoms with Gasteiger partial charge < -0.3 is 19.5 Å². The number of rotatable bonds is 6. The van der Waals surface area contributed by atoms with Crippen molar-refractivity contribution < 1.29 is 19.0 Å². The molecule has 6 nitrogen and oxygen atoms in total. The van der Waals surface area contributed by atoms with Crippen molar-refractivity contribution in [3.8, 4) is 23.3 Å². The molecule has 1 amide bonds. The van der Waals surface area contributed by atoms with Crippen LogP contribution in [0.15, 0.2) is 35.9 Å². The lowest BCUT2D eigenvalue weighted by Crippen LogP contribution is -2.14. The number of hydrogen-bond acceptors (Lipinski definition) is 5. The van der Waals surface area contributed by atoms with Gasteiger partial charge in [0.1, 0.15) is 17.4 Å². The quantitative estimate of drug-likeness (QED) is 0.360. The van der Waals surface area contributed by atoms with Crippen LogP contribution < -0.4 is 19.5 Å². The molecule has 0 heterocycles. The Labute approximate surface area is 175 Å². The van der Waals surface area contributed by atoms with E-state index in [-0.39, 0.29) is 5.57 Å². The van der Waals surface area contributed by atoms with Crippen molar-refractivity contribution in [1.82, 2.24) is 0 Å². The molecule has 0 atom stereocenters. The second kappa shape index (κ2) is 9.48. The van der Waals surface area contributed by atoms with E-state index in [2.05, 4.69) is 27.9 Å². The first-order chi connectivity index (χ1) is 12.9. The molecule has 0 spiro atoms. The number of hydrogen-bond donors (Lipinski definition) is 1. The molecule has 0 fully saturated rings. The van der Waals surface area contributed by atoms with E-state index in [1.54, 1.807) is 37.4 Å². The Bertz CT molecular complexity index is 938. The SMILES string of the molecule is COc1ccc(Cl)cc1NC(=O)/C(C#N)=C/c1cc(I)c(OC)c(OC)c1. The molecule has 0 aliphatic heterocycles. The van der Waals surface area contributed by atoms with Crippen LogP contribution in [-0.4, -0.2) is 27.2 Å². The standard InChI is InChI=1S/C19H16ClIN2O4/c1-25-16-5-4-13(20)9-15(16)23-19(24)12(10-22)6-11-7-14(21)18(27-3)17(8-11)26-2/h4-9H,1-3H3,(H,23,24)/b12-6+. The van der Waals surface area contributed by atoms with Gasteiger partial charge in [0, 0.05) is 5.02 Å². The number of amides is 1. The third-order valence-corrected chi connectivity index (χ3v) is 4.58. The molecule has 2 aromatic rings. The van der Waals surface area contributed by atoms with Gasteiger partial charge in [-0.15, -0.1) is 0 Å². The normalized spacial score (nSPS) is 10.7. The fourth-order valence-corrected chi connectivity index (χ4v) is 3.32. The van der Waals surface area contributed by atoms with Gasteiger partial charge in [-0.2, -0.15) is 5.26 Å². The van der Waals surface area contributed by atoms with Crippen molar-refractivity contribution in [3.63, 3.8) is 0 Å². The molecule has 140 valence electrons. The first kappa shape index (κ1) is 20.9. The topological polar surface area (TPSA) is 80.6 Å². The van der Waals surface area contributed by atoms with Crippen molar-refractivity contribution >= 4 is 51.9 Å². The molecule has 0 saturated carbocycles. The van der Waals surface area contributed by atoms with Crippen LogP contribution in [0.2, 0.25) is 5.02 Å². The molecule has 2 aromatic carbocycles. The van der Waals surface area contributed by atoms with E-state index in [1.165, 1.54) is 20.3 Å². The zero-order chi connectivity index (χ0) is 20.0. The molecule has 2 rings (SSSR count). The van der Waals surface area contributed by atoms with Gasteiger partial charge in [0.05, 0.1) is 30.6 Å². The van der Waals surface area contributed by atoms with E-state index in [0.717, 1.165) is 3.57 Å². The highest BCUT2D eigenvalue weighted by Gasteiger charge is 2.15. The van der Waals surface area contributed by atoms with Gasteiger partial charge in [-0.1, -0.05) is 11.6 Å². The van der Waals surface area contributed by atoms with Crippen molar-refractivity contribution in [2.75, 3.05) is 26.6 Å². The number of ether oxygens (including phenoxy) is 3. The lowest BCUT2D eigenvalue weighted by Gasteiger charge is -2.11. The van der Waals surface area contributed by atoms with E-state index in [4.69, 9.17) is 25.8 Å². The summed E-state index contributed by atoms with van der Waals surface area (Å²) < 4.78 is 16.6. The fraction of sp³-hybridized carbons (Fsp3) is 0.158. The highest BCUT2D eigenvalue weighted by Crippen LogP contribution is 2.34. The summed E-state index contributed by atoms with van der Waals surface area (Å²) in [5.74, 6) is 0.945. The molecule has 0 saturated heterocycles. The van der Waals surface area contributed by atoms with Crippen LogP contribution in [0.25, 0.3) is 6.08 Å². The Balaban J connectivity index is 2.37. The average Bonchev–Trinajstić information content (AvgIpc) is 2.65. The summed E-state index contributed by atoms with van der Waals surface area (Å²) in [6, 6.07) is 10.2. The second-order valence-electron chi connectivity index (χ2n) is 5.21. The highest BCUT2D eigenvalue weighted by atomic mass is 127. The maximum absolute atomic E-state index is 12.5. The number of nitriles is 1. The zero-order valence-electron chi connectivity index (χ0n) is 14.8. The van der Waals surface area contributed by atoms with E-state index < -0.39 is 5.91 Å². The first-order valence-electron chi connectivity index (χ1n) is 7.61. The number of carbonyl (C=O) groups is 1. The minimum atomic E-state index is -0.581. The molecule has 0 aliphatic rings. The van der Waals surface area contributed by atoms with Crippen molar-refractivity contribution in [3.05, 3.63) is 50.1 Å². The molecular formula is C19H16ClIN2O4. The highest BCUT2D eigenvalue weighted by molar-refractivity contribution is 14.1. The summed E-state index contributed by atoms with van der Waals surface area (Å²) in [6.45, 7) is 0. The van der Waals surface area contributed by atoms with Gasteiger partial charge in [0.25, 0.3) is 5.91 Å². The average molecular weight is 499 g/mol. The predicted octanol–water partition coefficient (Wildman–Crippen LogP) is 4.52. The number of nitrogens with one attached hydrogen (secondary N) is 1. The minimum absolute atomic E-state index is 0.0833. The molecule has 27 heavy (non-hydrogen) atoms. The molecule has 0 radical (unpaired) electrons. The van der Waals surface area contributed by atoms with Crippen LogP contribution in [0.1, 0.15) is 5.56 Å². The minimum Gasteiger partial charge on any atom is -0.495 e. The lowest BCUT2D eigenvalue weighted by molar-refractivity contribution is -0.112. The summed E-state index contributed by atoms with van der Waals surface area (Å²) in [6.07, 6.45) is 1.47. The lowest BCUT2D eigenvalue weighted by atomic mass is 10.1. The van der Waals surface area contributed by atoms with E-state index in [0.29, 0.717) is 33.5 Å². The zero-order valence-corrected chi connectivity index (χ0v) is 17.7. The molecule has 0 aliphatic carbocycles. The number of nitrogens with zero attached hydrogens (tertiary/aromatic N) is 1. The van der Waals surface area contributed by atoms with Gasteiger partial charge in [-0.3, -0.25) is 4.79 Å². The van der Waals surface area contributed by atoms with Gasteiger partial charge >= 0.3 is 0 Å². The number of methoxy groups -OCH3 is 3. The number of carbonyl (C=O) groups excluding carboxylic acids is 1. The molecule has 0 bridgehead atoms. The van der Waals surface area contributed by atoms with Gasteiger partial charge in [-0.25, -0.2) is 0 Å². The van der Waals surface area contributed by atoms with Crippen molar-refractivity contribution in [2.45, 2.75) is 0 Å². The fourth-order valence-electron chi connectivity index (χ4n) is 2.30. The third kappa shape index (κ3) is 5.05. The summed E-state index contributed by atoms with van der Waals surface area (Å²) >= 11 is 8.06. The van der Waals surface area contributed by atoms with Crippen molar-refractivity contribution in [2.24, 2.45) is 0 Å². The Morgan fingerprint density at radius 1 is 1.15 bits per heavy atom. The third-order valence-electron chi connectivity index (χ3n) is 3.54. The smallest absolute Gasteiger partial charge is 0.266 e. The van der Waals surface area contributed by atoms with Gasteiger partial charge in [-0.05, 0) is 64.6 Å². The summed E-state index contributed by atoms with van der Waals surface area (Å²) in [4.78, 5) is 12.5. The van der Waals surface area contributed by atoms with Crippen molar-refractivity contribution in [1.29, 1.82) is 5.26 Å². The first-order valence-corrected chi connectivity index (χ1v) is 9.07. The number of benzene rings is 2. The van der Waals surface area contributed by atoms with E-state index in [9.17, 15) is 10.1 Å². The summed E-state index contributed by atoms with van der Waals surface area (Å²) in [5.41, 5.74) is 0.917. The van der Waals surface area contributed by atoms with Gasteiger partial charge in [0.2, 0.25) is 0 Å². The summed E-state index contributed by atoms with van der Waals surface area (Å²) in [5, 5.41) is 12.5. The van der Waals surface area contributed by atoms with E-state index in [1.807, 2.05) is 6.07 Å². The molecule has 8 heteroatoms. The maximum Gasteiger partial charge on any atom is 0.266 e. The van der Waals surface area contributed by atoms with Crippen LogP contribution in [0.5, 0.6) is 17.2 Å². The maximum atomic E-state index is 12.5. The van der Waals surface area contributed by atoms with E-state index >= 15 is 0 Å². The number of halogens is 2. The Kier molecular flexibility index (Phi) is 7.33. The van der Waals surface area contributed by atoms with Crippen LogP contribution >= 0.6 is 34.2 Å². The molecule has 0 aromatic heterocycles. The van der Waals surface area contributed by atoms with Crippen LogP contribution in [0, 0.1) is 14.9 Å². The number of anilines is 1. The van der Waals surface area contributed by atoms with Gasteiger partial charge in [0.15, 0.2) is 11.5 Å². The Morgan fingerprint density at radius 2 is 1.85 bits per heavy atom. The largest absolute Gasteiger partial charge is 0.495 e.